The maximum absolute atomic E-state index is 10.1. The zero-order valence-electron chi connectivity index (χ0n) is 8.26. The molecule has 0 amide bonds. The molecule has 2 nitrogen and oxygen atoms in total. The second kappa shape index (κ2) is 4.57. The summed E-state index contributed by atoms with van der Waals surface area (Å²) in [6.07, 6.45) is -0.559. The molecule has 15 heavy (non-hydrogen) atoms. The van der Waals surface area contributed by atoms with Crippen molar-refractivity contribution in [2.75, 3.05) is 0 Å². The summed E-state index contributed by atoms with van der Waals surface area (Å²) < 4.78 is 0. The predicted molar refractivity (Wildman–Crippen MR) is 62.7 cm³/mol. The minimum Gasteiger partial charge on any atom is -0.384 e. The fourth-order valence-corrected chi connectivity index (χ4v) is 2.37. The summed E-state index contributed by atoms with van der Waals surface area (Å²) in [5, 5.41) is 12.1. The summed E-state index contributed by atoms with van der Waals surface area (Å²) in [5.41, 5.74) is 7.44. The Bertz CT molecular complexity index is 424. The van der Waals surface area contributed by atoms with Gasteiger partial charge in [0.15, 0.2) is 0 Å². The van der Waals surface area contributed by atoms with Gasteiger partial charge in [-0.3, -0.25) is 0 Å². The Balaban J connectivity index is 2.32. The molecule has 2 rings (SSSR count). The average Bonchev–Trinajstić information content (AvgIpc) is 2.77. The van der Waals surface area contributed by atoms with Crippen LogP contribution in [0, 0.1) is 0 Å². The molecule has 0 saturated carbocycles. The lowest BCUT2D eigenvalue weighted by Crippen LogP contribution is -2.03. The molecule has 0 radical (unpaired) electrons. The van der Waals surface area contributed by atoms with E-state index in [4.69, 9.17) is 5.73 Å². The highest BCUT2D eigenvalue weighted by molar-refractivity contribution is 7.10. The molecule has 78 valence electrons. The minimum atomic E-state index is -0.559. The number of nitrogens with two attached hydrogens (primary N) is 1. The highest BCUT2D eigenvalue weighted by Gasteiger charge is 2.14. The van der Waals surface area contributed by atoms with E-state index in [1.807, 2.05) is 41.8 Å². The van der Waals surface area contributed by atoms with Gasteiger partial charge < -0.3 is 10.8 Å². The third kappa shape index (κ3) is 2.09. The van der Waals surface area contributed by atoms with Crippen LogP contribution >= 0.6 is 11.3 Å². The van der Waals surface area contributed by atoms with Crippen molar-refractivity contribution in [2.24, 2.45) is 5.73 Å². The summed E-state index contributed by atoms with van der Waals surface area (Å²) in [7, 11) is 0. The van der Waals surface area contributed by atoms with Crippen LogP contribution in [0.4, 0.5) is 0 Å². The van der Waals surface area contributed by atoms with Gasteiger partial charge in [-0.15, -0.1) is 11.3 Å². The van der Waals surface area contributed by atoms with Crippen LogP contribution in [0.5, 0.6) is 0 Å². The van der Waals surface area contributed by atoms with E-state index in [0.29, 0.717) is 6.54 Å². The van der Waals surface area contributed by atoms with E-state index in [9.17, 15) is 5.11 Å². The Hall–Kier alpha value is -1.16. The van der Waals surface area contributed by atoms with Crippen molar-refractivity contribution >= 4 is 11.3 Å². The Morgan fingerprint density at radius 2 is 1.93 bits per heavy atom. The summed E-state index contributed by atoms with van der Waals surface area (Å²) in [5.74, 6) is 0. The lowest BCUT2D eigenvalue weighted by Gasteiger charge is -2.11. The number of rotatable bonds is 3. The van der Waals surface area contributed by atoms with Crippen LogP contribution in [0.25, 0.3) is 0 Å². The van der Waals surface area contributed by atoms with E-state index in [1.165, 1.54) is 0 Å². The number of hydrogen-bond acceptors (Lipinski definition) is 3. The number of aliphatic hydroxyl groups excluding tert-OH is 1. The lowest BCUT2D eigenvalue weighted by atomic mass is 10.0. The highest BCUT2D eigenvalue weighted by atomic mass is 32.1. The molecule has 1 atom stereocenters. The maximum atomic E-state index is 10.1. The third-order valence-electron chi connectivity index (χ3n) is 2.38. The van der Waals surface area contributed by atoms with Crippen molar-refractivity contribution in [3.63, 3.8) is 0 Å². The zero-order valence-corrected chi connectivity index (χ0v) is 9.08. The summed E-state index contributed by atoms with van der Waals surface area (Å²) >= 11 is 1.59. The average molecular weight is 219 g/mol. The number of aliphatic hydroxyl groups is 1. The smallest absolute Gasteiger partial charge is 0.105 e. The molecule has 2 aromatic rings. The van der Waals surface area contributed by atoms with Crippen LogP contribution < -0.4 is 5.73 Å². The molecule has 0 aliphatic carbocycles. The molecule has 3 heteroatoms. The first-order chi connectivity index (χ1) is 7.33. The minimum absolute atomic E-state index is 0.483. The van der Waals surface area contributed by atoms with E-state index in [0.717, 1.165) is 16.0 Å². The Morgan fingerprint density at radius 1 is 1.20 bits per heavy atom. The topological polar surface area (TPSA) is 46.2 Å². The van der Waals surface area contributed by atoms with Gasteiger partial charge in [-0.1, -0.05) is 30.3 Å². The van der Waals surface area contributed by atoms with E-state index >= 15 is 0 Å². The van der Waals surface area contributed by atoms with E-state index in [-0.39, 0.29) is 0 Å². The number of benzene rings is 1. The molecule has 1 unspecified atom stereocenters. The molecule has 0 aliphatic rings. The SMILES string of the molecule is NCc1sccc1C(O)c1ccccc1. The van der Waals surface area contributed by atoms with Crippen LogP contribution in [0.3, 0.4) is 0 Å². The second-order valence-electron chi connectivity index (χ2n) is 3.32. The van der Waals surface area contributed by atoms with Gasteiger partial charge in [0.2, 0.25) is 0 Å². The molecule has 0 saturated heterocycles. The Kier molecular flexibility index (Phi) is 3.16. The van der Waals surface area contributed by atoms with Crippen molar-refractivity contribution in [2.45, 2.75) is 12.6 Å². The van der Waals surface area contributed by atoms with Crippen molar-refractivity contribution < 1.29 is 5.11 Å². The molecule has 1 heterocycles. The van der Waals surface area contributed by atoms with Gasteiger partial charge in [-0.25, -0.2) is 0 Å². The van der Waals surface area contributed by atoms with Gasteiger partial charge in [0.1, 0.15) is 6.10 Å². The quantitative estimate of drug-likeness (QED) is 0.832. The monoisotopic (exact) mass is 219 g/mol. The first kappa shape index (κ1) is 10.4. The molecule has 0 spiro atoms. The highest BCUT2D eigenvalue weighted by Crippen LogP contribution is 2.27. The number of thiophene rings is 1. The fourth-order valence-electron chi connectivity index (χ4n) is 1.57. The lowest BCUT2D eigenvalue weighted by molar-refractivity contribution is 0.220. The van der Waals surface area contributed by atoms with Crippen molar-refractivity contribution in [1.29, 1.82) is 0 Å². The molecular formula is C12H13NOS. The number of hydrogen-bond donors (Lipinski definition) is 2. The van der Waals surface area contributed by atoms with E-state index < -0.39 is 6.10 Å². The van der Waals surface area contributed by atoms with E-state index in [1.54, 1.807) is 11.3 Å². The van der Waals surface area contributed by atoms with Gasteiger partial charge >= 0.3 is 0 Å². The van der Waals surface area contributed by atoms with Crippen LogP contribution in [0.15, 0.2) is 41.8 Å². The largest absolute Gasteiger partial charge is 0.384 e. The van der Waals surface area contributed by atoms with Gasteiger partial charge in [0.25, 0.3) is 0 Å². The Morgan fingerprint density at radius 3 is 2.60 bits per heavy atom. The summed E-state index contributed by atoms with van der Waals surface area (Å²) in [4.78, 5) is 1.05. The van der Waals surface area contributed by atoms with Gasteiger partial charge in [-0.05, 0) is 17.0 Å². The van der Waals surface area contributed by atoms with Crippen molar-refractivity contribution in [1.82, 2.24) is 0 Å². The van der Waals surface area contributed by atoms with Crippen LogP contribution in [-0.2, 0) is 6.54 Å². The van der Waals surface area contributed by atoms with Crippen molar-refractivity contribution in [3.8, 4) is 0 Å². The normalized spacial score (nSPS) is 12.7. The molecule has 0 fully saturated rings. The zero-order chi connectivity index (χ0) is 10.7. The second-order valence-corrected chi connectivity index (χ2v) is 4.32. The first-order valence-electron chi connectivity index (χ1n) is 4.82. The maximum Gasteiger partial charge on any atom is 0.105 e. The third-order valence-corrected chi connectivity index (χ3v) is 3.33. The molecule has 0 aliphatic heterocycles. The summed E-state index contributed by atoms with van der Waals surface area (Å²) in [6, 6.07) is 11.6. The van der Waals surface area contributed by atoms with E-state index in [2.05, 4.69) is 0 Å². The van der Waals surface area contributed by atoms with Crippen molar-refractivity contribution in [3.05, 3.63) is 57.8 Å². The van der Waals surface area contributed by atoms with Crippen LogP contribution in [-0.4, -0.2) is 5.11 Å². The van der Waals surface area contributed by atoms with Gasteiger partial charge in [-0.2, -0.15) is 0 Å². The first-order valence-corrected chi connectivity index (χ1v) is 5.70. The standard InChI is InChI=1S/C12H13NOS/c13-8-11-10(6-7-15-11)12(14)9-4-2-1-3-5-9/h1-7,12,14H,8,13H2. The summed E-state index contributed by atoms with van der Waals surface area (Å²) in [6.45, 7) is 0.483. The Labute approximate surface area is 93.0 Å². The van der Waals surface area contributed by atoms with Crippen LogP contribution in [0.2, 0.25) is 0 Å². The molecule has 1 aromatic heterocycles. The predicted octanol–water partition coefficient (Wildman–Crippen LogP) is 2.29. The molecule has 1 aromatic carbocycles. The molecule has 0 bridgehead atoms. The van der Waals surface area contributed by atoms with Gasteiger partial charge in [0.05, 0.1) is 0 Å². The van der Waals surface area contributed by atoms with Crippen LogP contribution in [0.1, 0.15) is 22.1 Å². The molecule has 3 N–H and O–H groups in total. The fraction of sp³-hybridized carbons (Fsp3) is 0.167. The molecular weight excluding hydrogens is 206 g/mol. The van der Waals surface area contributed by atoms with Gasteiger partial charge in [0, 0.05) is 17.0 Å².